The molecule has 4 nitrogen and oxygen atoms in total. The Bertz CT molecular complexity index is 1760. The van der Waals surface area contributed by atoms with E-state index in [2.05, 4.69) is 79.0 Å². The summed E-state index contributed by atoms with van der Waals surface area (Å²) in [5.74, 6) is 0.667. The van der Waals surface area contributed by atoms with Crippen molar-refractivity contribution >= 4 is 35.2 Å². The molecule has 4 heterocycles. The van der Waals surface area contributed by atoms with Crippen LogP contribution >= 0.6 is 0 Å². The Morgan fingerprint density at radius 3 is 2.37 bits per heavy atom. The molecule has 0 aliphatic rings. The van der Waals surface area contributed by atoms with Crippen molar-refractivity contribution in [3.63, 3.8) is 0 Å². The Morgan fingerprint density at radius 2 is 1.66 bits per heavy atom. The number of aryl methyl sites for hydroxylation is 1. The van der Waals surface area contributed by atoms with Gasteiger partial charge in [0.05, 0.1) is 13.7 Å². The van der Waals surface area contributed by atoms with Gasteiger partial charge in [0.1, 0.15) is 5.58 Å². The van der Waals surface area contributed by atoms with Crippen LogP contribution in [-0.4, -0.2) is 23.0 Å². The molecule has 0 aliphatic heterocycles. The molecule has 6 rings (SSSR count). The number of furan rings is 1. The number of rotatable bonds is 5. The number of nitrogens with zero attached hydrogens (tertiary/aromatic N) is 3. The summed E-state index contributed by atoms with van der Waals surface area (Å²) in [6.07, 6.45) is 9.83. The van der Waals surface area contributed by atoms with Crippen molar-refractivity contribution in [2.75, 3.05) is 0 Å². The van der Waals surface area contributed by atoms with Gasteiger partial charge in [-0.05, 0) is 65.7 Å². The van der Waals surface area contributed by atoms with Gasteiger partial charge in [0, 0.05) is 37.9 Å². The molecule has 0 bridgehead atoms. The molecule has 4 aromatic heterocycles. The van der Waals surface area contributed by atoms with E-state index in [1.807, 2.05) is 61.5 Å². The predicted molar refractivity (Wildman–Crippen MR) is 168 cm³/mol. The summed E-state index contributed by atoms with van der Waals surface area (Å²) in [7, 11) is -1.34. The summed E-state index contributed by atoms with van der Waals surface area (Å²) < 4.78 is 5.97. The maximum Gasteiger partial charge on any atom is 0.121 e. The van der Waals surface area contributed by atoms with Crippen LogP contribution in [0.1, 0.15) is 25.0 Å². The topological polar surface area (TPSA) is 51.8 Å². The first-order chi connectivity index (χ1) is 19.2. The van der Waals surface area contributed by atoms with Gasteiger partial charge in [-0.1, -0.05) is 80.5 Å². The number of aromatic nitrogens is 3. The van der Waals surface area contributed by atoms with Crippen molar-refractivity contribution in [3.8, 4) is 22.5 Å². The second-order valence-electron chi connectivity index (χ2n) is 11.7. The molecule has 0 fully saturated rings. The Morgan fingerprint density at radius 1 is 0.878 bits per heavy atom. The molecular weight excluding hydrogens is 699 g/mol. The van der Waals surface area contributed by atoms with Crippen LogP contribution in [0.4, 0.5) is 0 Å². The molecule has 6 heteroatoms. The number of pyridine rings is 3. The van der Waals surface area contributed by atoms with Crippen molar-refractivity contribution in [1.29, 1.82) is 0 Å². The van der Waals surface area contributed by atoms with E-state index in [-0.39, 0.29) is 20.1 Å². The fraction of sp³-hybridized carbons (Fsp3) is 0.229. The van der Waals surface area contributed by atoms with E-state index in [9.17, 15) is 0 Å². The summed E-state index contributed by atoms with van der Waals surface area (Å²) in [6.45, 7) is 13.8. The van der Waals surface area contributed by atoms with Crippen LogP contribution in [0.15, 0.2) is 89.7 Å². The van der Waals surface area contributed by atoms with Crippen molar-refractivity contribution in [1.82, 2.24) is 15.0 Å². The van der Waals surface area contributed by atoms with Gasteiger partial charge in [0.15, 0.2) is 0 Å². The van der Waals surface area contributed by atoms with Crippen LogP contribution in [-0.2, 0) is 26.5 Å². The third-order valence-corrected chi connectivity index (χ3v) is 8.88. The molecule has 0 aliphatic carbocycles. The van der Waals surface area contributed by atoms with E-state index in [0.717, 1.165) is 56.4 Å². The van der Waals surface area contributed by atoms with E-state index in [0.29, 0.717) is 5.92 Å². The van der Waals surface area contributed by atoms with Crippen LogP contribution in [0.25, 0.3) is 44.5 Å². The SMILES string of the molecule is CC(C)Cc1cc(-c2[c-]cccc2)ncc1[Si](C)(C)C.Cc1ccnc(-c2[c-]ncc3c2oc2ccccc23)c1.[Ir]. The maximum absolute atomic E-state index is 5.97. The molecule has 211 valence electrons. The molecule has 0 N–H and O–H groups in total. The smallest absolute Gasteiger partial charge is 0.121 e. The molecule has 0 amide bonds. The fourth-order valence-electron chi connectivity index (χ4n) is 4.92. The van der Waals surface area contributed by atoms with E-state index < -0.39 is 8.07 Å². The zero-order chi connectivity index (χ0) is 28.3. The minimum absolute atomic E-state index is 0. The minimum atomic E-state index is -1.34. The minimum Gasteiger partial charge on any atom is -0.500 e. The molecule has 1 radical (unpaired) electrons. The fourth-order valence-corrected chi connectivity index (χ4v) is 6.51. The van der Waals surface area contributed by atoms with Crippen LogP contribution in [0, 0.1) is 25.1 Å². The van der Waals surface area contributed by atoms with E-state index >= 15 is 0 Å². The number of fused-ring (bicyclic) bond motifs is 3. The molecule has 6 aromatic rings. The third-order valence-electron chi connectivity index (χ3n) is 6.81. The average Bonchev–Trinajstić information content (AvgIpc) is 3.32. The first kappa shape index (κ1) is 30.5. The molecule has 0 unspecified atom stereocenters. The van der Waals surface area contributed by atoms with Gasteiger partial charge >= 0.3 is 0 Å². The van der Waals surface area contributed by atoms with Crippen LogP contribution in [0.3, 0.4) is 0 Å². The predicted octanol–water partition coefficient (Wildman–Crippen LogP) is 8.44. The molecule has 2 aromatic carbocycles. The first-order valence-corrected chi connectivity index (χ1v) is 17.3. The van der Waals surface area contributed by atoms with Crippen molar-refractivity contribution in [3.05, 3.63) is 109 Å². The molecular formula is C35H35IrN3OSi-2. The normalized spacial score (nSPS) is 11.3. The summed E-state index contributed by atoms with van der Waals surface area (Å²) in [4.78, 5) is 13.3. The third kappa shape index (κ3) is 7.07. The van der Waals surface area contributed by atoms with Crippen molar-refractivity contribution < 1.29 is 24.5 Å². The van der Waals surface area contributed by atoms with Gasteiger partial charge in [0.25, 0.3) is 0 Å². The molecule has 0 saturated heterocycles. The number of hydrogen-bond acceptors (Lipinski definition) is 4. The van der Waals surface area contributed by atoms with Gasteiger partial charge < -0.3 is 19.4 Å². The van der Waals surface area contributed by atoms with E-state index in [1.54, 1.807) is 12.4 Å². The molecule has 0 atom stereocenters. The molecule has 41 heavy (non-hydrogen) atoms. The standard InChI is InChI=1S/C18H24NSi.C17H11N2O.Ir/c1-14(2)11-16-12-17(15-9-7-6-8-10-15)19-13-18(16)20(3,4)5;1-11-6-7-19-15(8-11)14-10-18-9-13-12-4-2-3-5-16(12)20-17(13)14;/h6-9,12-14H,11H2,1-5H3;2-9H,1H3;/q2*-1;. The van der Waals surface area contributed by atoms with Crippen molar-refractivity contribution in [2.45, 2.75) is 46.8 Å². The second-order valence-corrected chi connectivity index (χ2v) is 16.7. The van der Waals surface area contributed by atoms with Crippen LogP contribution in [0.2, 0.25) is 19.6 Å². The van der Waals surface area contributed by atoms with Gasteiger partial charge in [-0.2, -0.15) is 0 Å². The van der Waals surface area contributed by atoms with Gasteiger partial charge in [-0.15, -0.1) is 35.9 Å². The summed E-state index contributed by atoms with van der Waals surface area (Å²) in [5.41, 5.74) is 8.04. The Balaban J connectivity index is 0.000000184. The monoisotopic (exact) mass is 734 g/mol. The Hall–Kier alpha value is -3.44. The van der Waals surface area contributed by atoms with E-state index in [1.165, 1.54) is 10.8 Å². The van der Waals surface area contributed by atoms with Gasteiger partial charge in [0.2, 0.25) is 0 Å². The average molecular weight is 734 g/mol. The quantitative estimate of drug-likeness (QED) is 0.132. The molecule has 0 spiro atoms. The number of hydrogen-bond donors (Lipinski definition) is 0. The van der Waals surface area contributed by atoms with Gasteiger partial charge in [-0.3, -0.25) is 0 Å². The van der Waals surface area contributed by atoms with E-state index in [4.69, 9.17) is 4.42 Å². The Kier molecular flexibility index (Phi) is 9.70. The number of benzene rings is 2. The van der Waals surface area contributed by atoms with Crippen LogP contribution < -0.4 is 5.19 Å². The summed E-state index contributed by atoms with van der Waals surface area (Å²) >= 11 is 0. The first-order valence-electron chi connectivity index (χ1n) is 13.8. The second kappa shape index (κ2) is 13.0. The Labute approximate surface area is 257 Å². The largest absolute Gasteiger partial charge is 0.500 e. The zero-order valence-corrected chi connectivity index (χ0v) is 27.8. The number of para-hydroxylation sites is 1. The zero-order valence-electron chi connectivity index (χ0n) is 24.5. The summed E-state index contributed by atoms with van der Waals surface area (Å²) in [5, 5.41) is 3.56. The maximum atomic E-state index is 5.97. The van der Waals surface area contributed by atoms with Crippen molar-refractivity contribution in [2.24, 2.45) is 5.92 Å². The molecule has 0 saturated carbocycles. The van der Waals surface area contributed by atoms with Crippen LogP contribution in [0.5, 0.6) is 0 Å². The summed E-state index contributed by atoms with van der Waals surface area (Å²) in [6, 6.07) is 25.6. The van der Waals surface area contributed by atoms with Gasteiger partial charge in [-0.25, -0.2) is 0 Å².